The average molecular weight is 515 g/mol. The van der Waals surface area contributed by atoms with E-state index in [1.54, 1.807) is 4.57 Å². The van der Waals surface area contributed by atoms with Crippen molar-refractivity contribution in [2.75, 3.05) is 12.9 Å². The summed E-state index contributed by atoms with van der Waals surface area (Å²) in [6, 6.07) is 21.5. The fourth-order valence-electron chi connectivity index (χ4n) is 4.66. The van der Waals surface area contributed by atoms with Crippen LogP contribution >= 0.6 is 23.1 Å². The van der Waals surface area contributed by atoms with Crippen LogP contribution in [0.3, 0.4) is 0 Å². The molecule has 4 aromatic rings. The molecule has 0 unspecified atom stereocenters. The zero-order valence-corrected chi connectivity index (χ0v) is 22.0. The number of carbonyl (C=O) groups excluding carboxylic acids is 1. The van der Waals surface area contributed by atoms with Crippen molar-refractivity contribution in [2.45, 2.75) is 31.2 Å². The summed E-state index contributed by atoms with van der Waals surface area (Å²) in [5.41, 5.74) is 2.72. The number of thioether (sulfide) groups is 1. The Kier molecular flexibility index (Phi) is 6.94. The molecule has 0 radical (unpaired) electrons. The van der Waals surface area contributed by atoms with E-state index in [-0.39, 0.29) is 5.56 Å². The summed E-state index contributed by atoms with van der Waals surface area (Å²) in [6.07, 6.45) is 2.50. The molecule has 5 rings (SSSR count). The number of benzene rings is 3. The van der Waals surface area contributed by atoms with Crippen LogP contribution in [0.1, 0.15) is 37.4 Å². The maximum Gasteiger partial charge on any atom is 0.338 e. The fourth-order valence-corrected chi connectivity index (χ4v) is 6.48. The molecule has 0 saturated heterocycles. The van der Waals surface area contributed by atoms with Crippen LogP contribution in [0.2, 0.25) is 0 Å². The van der Waals surface area contributed by atoms with Gasteiger partial charge in [0.25, 0.3) is 5.56 Å². The third-order valence-electron chi connectivity index (χ3n) is 6.27. The lowest BCUT2D eigenvalue weighted by atomic mass is 9.95. The number of rotatable bonds is 6. The van der Waals surface area contributed by atoms with Gasteiger partial charge in [0.05, 0.1) is 29.0 Å². The number of hydrogen-bond acceptors (Lipinski definition) is 6. The molecule has 1 aromatic heterocycles. The van der Waals surface area contributed by atoms with Crippen LogP contribution < -0.4 is 14.9 Å². The van der Waals surface area contributed by atoms with Crippen LogP contribution in [0.15, 0.2) is 92.7 Å². The van der Waals surface area contributed by atoms with Crippen LogP contribution in [0.4, 0.5) is 0 Å². The highest BCUT2D eigenvalue weighted by molar-refractivity contribution is 7.99. The molecule has 2 heterocycles. The minimum Gasteiger partial charge on any atom is -0.466 e. The van der Waals surface area contributed by atoms with Crippen molar-refractivity contribution in [3.8, 4) is 0 Å². The van der Waals surface area contributed by atoms with E-state index in [1.807, 2.05) is 67.2 Å². The summed E-state index contributed by atoms with van der Waals surface area (Å²) in [4.78, 5) is 33.3. The number of thiazole rings is 1. The van der Waals surface area contributed by atoms with Gasteiger partial charge in [-0.15, -0.1) is 11.8 Å². The molecule has 1 atom stereocenters. The van der Waals surface area contributed by atoms with E-state index in [0.717, 1.165) is 22.3 Å². The smallest absolute Gasteiger partial charge is 0.338 e. The van der Waals surface area contributed by atoms with Gasteiger partial charge in [0.15, 0.2) is 4.80 Å². The molecule has 1 aliphatic rings. The molecule has 0 fully saturated rings. The van der Waals surface area contributed by atoms with E-state index in [1.165, 1.54) is 28.7 Å². The molecule has 0 saturated carbocycles. The second kappa shape index (κ2) is 10.3. The highest BCUT2D eigenvalue weighted by atomic mass is 32.2. The normalized spacial score (nSPS) is 15.6. The van der Waals surface area contributed by atoms with Gasteiger partial charge < -0.3 is 4.74 Å². The maximum atomic E-state index is 13.9. The van der Waals surface area contributed by atoms with Gasteiger partial charge in [-0.3, -0.25) is 9.36 Å². The van der Waals surface area contributed by atoms with Crippen molar-refractivity contribution in [1.82, 2.24) is 4.57 Å². The number of aromatic nitrogens is 1. The lowest BCUT2D eigenvalue weighted by Gasteiger charge is -2.25. The van der Waals surface area contributed by atoms with Crippen molar-refractivity contribution in [3.63, 3.8) is 0 Å². The monoisotopic (exact) mass is 514 g/mol. The van der Waals surface area contributed by atoms with Crippen LogP contribution in [-0.4, -0.2) is 23.4 Å². The second-order valence-electron chi connectivity index (χ2n) is 8.33. The lowest BCUT2D eigenvalue weighted by Crippen LogP contribution is -2.40. The Morgan fingerprint density at radius 1 is 1.06 bits per heavy atom. The van der Waals surface area contributed by atoms with Crippen LogP contribution in [0.25, 0.3) is 16.8 Å². The SMILES string of the molecule is CCSc1ccc(/C=c2\sc3n(c2=O)[C@H](c2ccccc2)C(C(=O)OC)=C(CC)N=3)c2ccccc12. The average Bonchev–Trinajstić information content (AvgIpc) is 3.23. The van der Waals surface area contributed by atoms with E-state index >= 15 is 0 Å². The van der Waals surface area contributed by atoms with Crippen molar-refractivity contribution >= 4 is 45.9 Å². The minimum atomic E-state index is -0.591. The molecule has 0 aliphatic carbocycles. The largest absolute Gasteiger partial charge is 0.466 e. The summed E-state index contributed by atoms with van der Waals surface area (Å²) in [5, 5.41) is 2.28. The molecule has 0 amide bonds. The minimum absolute atomic E-state index is 0.166. The standard InChI is InChI=1S/C29H26N2O3S2/c1-4-22-25(28(33)34-3)26(18-11-7-6-8-12-18)31-27(32)24(36-29(31)30-22)17-19-15-16-23(35-5-2)21-14-10-9-13-20(19)21/h6-17,26H,4-5H2,1-3H3/b24-17-/t26-/m1/s1. The van der Waals surface area contributed by atoms with Crippen LogP contribution in [0, 0.1) is 0 Å². The Labute approximate surface area is 217 Å². The molecular formula is C29H26N2O3S2. The van der Waals surface area contributed by atoms with Gasteiger partial charge in [0.1, 0.15) is 0 Å². The fraction of sp³-hybridized carbons (Fsp3) is 0.207. The molecule has 0 spiro atoms. The zero-order chi connectivity index (χ0) is 25.2. The summed E-state index contributed by atoms with van der Waals surface area (Å²) < 4.78 is 7.35. The van der Waals surface area contributed by atoms with Gasteiger partial charge >= 0.3 is 5.97 Å². The molecule has 182 valence electrons. The third kappa shape index (κ3) is 4.22. The van der Waals surface area contributed by atoms with Gasteiger partial charge in [-0.25, -0.2) is 9.79 Å². The highest BCUT2D eigenvalue weighted by Gasteiger charge is 2.33. The van der Waals surface area contributed by atoms with Crippen molar-refractivity contribution < 1.29 is 9.53 Å². The summed E-state index contributed by atoms with van der Waals surface area (Å²) >= 11 is 3.16. The van der Waals surface area contributed by atoms with Gasteiger partial charge in [0.2, 0.25) is 0 Å². The van der Waals surface area contributed by atoms with Crippen molar-refractivity contribution in [2.24, 2.45) is 4.99 Å². The third-order valence-corrected chi connectivity index (χ3v) is 8.21. The molecule has 5 nitrogen and oxygen atoms in total. The number of carbonyl (C=O) groups is 1. The number of fused-ring (bicyclic) bond motifs is 2. The van der Waals surface area contributed by atoms with Crippen LogP contribution in [0.5, 0.6) is 0 Å². The van der Waals surface area contributed by atoms with E-state index < -0.39 is 12.0 Å². The first kappa shape index (κ1) is 24.3. The Morgan fingerprint density at radius 3 is 2.47 bits per heavy atom. The van der Waals surface area contributed by atoms with E-state index in [4.69, 9.17) is 9.73 Å². The number of esters is 1. The molecule has 0 bridgehead atoms. The Morgan fingerprint density at radius 2 is 1.78 bits per heavy atom. The molecule has 1 aliphatic heterocycles. The van der Waals surface area contributed by atoms with Gasteiger partial charge in [-0.2, -0.15) is 0 Å². The van der Waals surface area contributed by atoms with Crippen LogP contribution in [-0.2, 0) is 9.53 Å². The Hall–Kier alpha value is -3.42. The first-order valence-electron chi connectivity index (χ1n) is 11.9. The second-order valence-corrected chi connectivity index (χ2v) is 10.6. The first-order chi connectivity index (χ1) is 17.6. The quantitative estimate of drug-likeness (QED) is 0.267. The molecule has 7 heteroatoms. The van der Waals surface area contributed by atoms with Crippen molar-refractivity contribution in [3.05, 3.63) is 109 Å². The summed E-state index contributed by atoms with van der Waals surface area (Å²) in [6.45, 7) is 4.10. The predicted octanol–water partition coefficient (Wildman–Crippen LogP) is 5.06. The maximum absolute atomic E-state index is 13.9. The zero-order valence-electron chi connectivity index (χ0n) is 20.4. The summed E-state index contributed by atoms with van der Waals surface area (Å²) in [5.74, 6) is 0.526. The number of ether oxygens (including phenoxy) is 1. The van der Waals surface area contributed by atoms with E-state index in [9.17, 15) is 9.59 Å². The number of hydrogen-bond donors (Lipinski definition) is 0. The Bertz CT molecular complexity index is 1670. The molecule has 36 heavy (non-hydrogen) atoms. The van der Waals surface area contributed by atoms with Gasteiger partial charge in [-0.1, -0.05) is 85.8 Å². The van der Waals surface area contributed by atoms with E-state index in [2.05, 4.69) is 31.2 Å². The molecule has 0 N–H and O–H groups in total. The Balaban J connectivity index is 1.76. The van der Waals surface area contributed by atoms with Gasteiger partial charge in [0, 0.05) is 4.90 Å². The van der Waals surface area contributed by atoms with E-state index in [0.29, 0.717) is 27.0 Å². The first-order valence-corrected chi connectivity index (χ1v) is 13.7. The number of methoxy groups -OCH3 is 1. The molecule has 3 aromatic carbocycles. The number of nitrogens with zero attached hydrogens (tertiary/aromatic N) is 2. The number of allylic oxidation sites excluding steroid dienone is 1. The predicted molar refractivity (Wildman–Crippen MR) is 147 cm³/mol. The summed E-state index contributed by atoms with van der Waals surface area (Å²) in [7, 11) is 1.36. The highest BCUT2D eigenvalue weighted by Crippen LogP contribution is 2.32. The topological polar surface area (TPSA) is 60.7 Å². The lowest BCUT2D eigenvalue weighted by molar-refractivity contribution is -0.136. The molecular weight excluding hydrogens is 488 g/mol. The van der Waals surface area contributed by atoms with Gasteiger partial charge in [-0.05, 0) is 46.2 Å². The van der Waals surface area contributed by atoms with Crippen molar-refractivity contribution in [1.29, 1.82) is 0 Å².